The summed E-state index contributed by atoms with van der Waals surface area (Å²) in [5.41, 5.74) is 1.27. The average molecular weight is 395 g/mol. The number of carbonyl (C=O) groups excluding carboxylic acids is 1. The summed E-state index contributed by atoms with van der Waals surface area (Å²) < 4.78 is 32.2. The van der Waals surface area contributed by atoms with Gasteiger partial charge in [0, 0.05) is 18.8 Å². The summed E-state index contributed by atoms with van der Waals surface area (Å²) in [6, 6.07) is 13.8. The van der Waals surface area contributed by atoms with Gasteiger partial charge in [0.05, 0.1) is 24.7 Å². The molecule has 0 aliphatic carbocycles. The Hall–Kier alpha value is -1.93. The molecule has 0 radical (unpaired) electrons. The first-order valence-corrected chi connectivity index (χ1v) is 10.00. The van der Waals surface area contributed by atoms with Gasteiger partial charge >= 0.3 is 0 Å². The van der Waals surface area contributed by atoms with E-state index >= 15 is 0 Å². The number of anilines is 1. The predicted molar refractivity (Wildman–Crippen MR) is 99.8 cm³/mol. The summed E-state index contributed by atoms with van der Waals surface area (Å²) in [7, 11) is -3.74. The van der Waals surface area contributed by atoms with Gasteiger partial charge in [0.2, 0.25) is 15.9 Å². The van der Waals surface area contributed by atoms with Crippen LogP contribution in [0.4, 0.5) is 5.69 Å². The molecule has 8 heteroatoms. The molecule has 0 spiro atoms. The molecule has 1 heterocycles. The fraction of sp³-hybridized carbons (Fsp3) is 0.278. The van der Waals surface area contributed by atoms with Gasteiger partial charge in [-0.15, -0.1) is 0 Å². The maximum atomic E-state index is 12.8. The molecule has 0 bridgehead atoms. The Morgan fingerprint density at radius 2 is 1.81 bits per heavy atom. The molecule has 1 saturated heterocycles. The van der Waals surface area contributed by atoms with E-state index in [-0.39, 0.29) is 35.3 Å². The van der Waals surface area contributed by atoms with E-state index in [2.05, 4.69) is 5.32 Å². The van der Waals surface area contributed by atoms with Crippen molar-refractivity contribution in [2.24, 2.45) is 0 Å². The third-order valence-electron chi connectivity index (χ3n) is 4.01. The van der Waals surface area contributed by atoms with Gasteiger partial charge in [-0.2, -0.15) is 4.31 Å². The Morgan fingerprint density at radius 1 is 1.12 bits per heavy atom. The van der Waals surface area contributed by atoms with Gasteiger partial charge in [0.25, 0.3) is 0 Å². The molecule has 6 nitrogen and oxygen atoms in total. The van der Waals surface area contributed by atoms with Crippen LogP contribution in [-0.4, -0.2) is 44.9 Å². The smallest absolute Gasteiger partial charge is 0.244 e. The molecule has 0 saturated carbocycles. The number of carbonyl (C=O) groups is 1. The number of hydrogen-bond donors (Lipinski definition) is 1. The lowest BCUT2D eigenvalue weighted by molar-refractivity contribution is -0.115. The van der Waals surface area contributed by atoms with Crippen LogP contribution in [0.3, 0.4) is 0 Å². The molecule has 138 valence electrons. The summed E-state index contributed by atoms with van der Waals surface area (Å²) in [5, 5.41) is 2.85. The molecule has 2 aromatic rings. The number of benzene rings is 2. The minimum Gasteiger partial charge on any atom is -0.379 e. The van der Waals surface area contributed by atoms with E-state index in [1.807, 2.05) is 30.3 Å². The number of rotatable bonds is 5. The number of halogens is 1. The lowest BCUT2D eigenvalue weighted by atomic mass is 10.1. The molecule has 1 fully saturated rings. The Balaban J connectivity index is 1.78. The number of nitrogens with zero attached hydrogens (tertiary/aromatic N) is 1. The third-order valence-corrected chi connectivity index (χ3v) is 6.39. The normalized spacial score (nSPS) is 15.6. The van der Waals surface area contributed by atoms with Crippen molar-refractivity contribution in [3.05, 3.63) is 59.1 Å². The number of hydrogen-bond acceptors (Lipinski definition) is 4. The van der Waals surface area contributed by atoms with Gasteiger partial charge in [-0.3, -0.25) is 4.79 Å². The summed E-state index contributed by atoms with van der Waals surface area (Å²) >= 11 is 6.12. The highest BCUT2D eigenvalue weighted by atomic mass is 35.5. The summed E-state index contributed by atoms with van der Waals surface area (Å²) in [6.45, 7) is 1.27. The molecule has 3 rings (SSSR count). The second-order valence-corrected chi connectivity index (χ2v) is 8.19. The highest BCUT2D eigenvalue weighted by Gasteiger charge is 2.28. The zero-order chi connectivity index (χ0) is 18.6. The molecule has 2 aromatic carbocycles. The van der Waals surface area contributed by atoms with Crippen LogP contribution >= 0.6 is 11.6 Å². The molecule has 0 atom stereocenters. The van der Waals surface area contributed by atoms with Crippen LogP contribution in [-0.2, 0) is 26.0 Å². The highest BCUT2D eigenvalue weighted by molar-refractivity contribution is 7.89. The first kappa shape index (κ1) is 18.8. The van der Waals surface area contributed by atoms with Gasteiger partial charge < -0.3 is 10.1 Å². The molecular weight excluding hydrogens is 376 g/mol. The highest BCUT2D eigenvalue weighted by Crippen LogP contribution is 2.28. The summed E-state index contributed by atoms with van der Waals surface area (Å²) in [5.74, 6) is -0.228. The van der Waals surface area contributed by atoms with E-state index in [9.17, 15) is 13.2 Å². The largest absolute Gasteiger partial charge is 0.379 e. The maximum Gasteiger partial charge on any atom is 0.244 e. The van der Waals surface area contributed by atoms with Crippen molar-refractivity contribution >= 4 is 33.2 Å². The van der Waals surface area contributed by atoms with Crippen molar-refractivity contribution in [2.45, 2.75) is 11.3 Å². The topological polar surface area (TPSA) is 75.7 Å². The second kappa shape index (κ2) is 8.18. The third kappa shape index (κ3) is 4.42. The minimum atomic E-state index is -3.74. The van der Waals surface area contributed by atoms with Crippen molar-refractivity contribution in [3.8, 4) is 0 Å². The van der Waals surface area contributed by atoms with Gasteiger partial charge in [-0.05, 0) is 23.8 Å². The van der Waals surface area contributed by atoms with E-state index in [0.717, 1.165) is 5.56 Å². The number of amides is 1. The van der Waals surface area contributed by atoms with Crippen molar-refractivity contribution in [2.75, 3.05) is 31.6 Å². The lowest BCUT2D eigenvalue weighted by Crippen LogP contribution is -2.40. The lowest BCUT2D eigenvalue weighted by Gasteiger charge is -2.26. The van der Waals surface area contributed by atoms with Gasteiger partial charge in [0.1, 0.15) is 4.90 Å². The fourth-order valence-electron chi connectivity index (χ4n) is 2.69. The number of morpholine rings is 1. The van der Waals surface area contributed by atoms with Crippen LogP contribution in [0, 0.1) is 0 Å². The van der Waals surface area contributed by atoms with Crippen molar-refractivity contribution < 1.29 is 17.9 Å². The summed E-state index contributed by atoms with van der Waals surface area (Å²) in [6.07, 6.45) is 0.203. The standard InChI is InChI=1S/C18H19ClN2O4S/c19-16-7-6-15(20-18(22)12-14-4-2-1-3-5-14)13-17(16)26(23,24)21-8-10-25-11-9-21/h1-7,13H,8-12H2,(H,20,22). The molecule has 0 unspecified atom stereocenters. The molecule has 1 N–H and O–H groups in total. The average Bonchev–Trinajstić information content (AvgIpc) is 2.64. The van der Waals surface area contributed by atoms with E-state index in [1.54, 1.807) is 6.07 Å². The number of ether oxygens (including phenoxy) is 1. The van der Waals surface area contributed by atoms with E-state index in [1.165, 1.54) is 16.4 Å². The Bertz CT molecular complexity index is 881. The monoisotopic (exact) mass is 394 g/mol. The van der Waals surface area contributed by atoms with Crippen LogP contribution in [0.5, 0.6) is 0 Å². The van der Waals surface area contributed by atoms with E-state index < -0.39 is 10.0 Å². The van der Waals surface area contributed by atoms with Crippen LogP contribution in [0.1, 0.15) is 5.56 Å². The number of nitrogens with one attached hydrogen (secondary N) is 1. The van der Waals surface area contributed by atoms with Crippen LogP contribution < -0.4 is 5.32 Å². The molecular formula is C18H19ClN2O4S. The quantitative estimate of drug-likeness (QED) is 0.845. The SMILES string of the molecule is O=C(Cc1ccccc1)Nc1ccc(Cl)c(S(=O)(=O)N2CCOCC2)c1. The Kier molecular flexibility index (Phi) is 5.93. The van der Waals surface area contributed by atoms with Crippen molar-refractivity contribution in [1.82, 2.24) is 4.31 Å². The minimum absolute atomic E-state index is 0.0152. The van der Waals surface area contributed by atoms with E-state index in [0.29, 0.717) is 18.9 Å². The predicted octanol–water partition coefficient (Wildman–Crippen LogP) is 2.54. The first-order valence-electron chi connectivity index (χ1n) is 8.18. The van der Waals surface area contributed by atoms with Crippen molar-refractivity contribution in [3.63, 3.8) is 0 Å². The van der Waals surface area contributed by atoms with E-state index in [4.69, 9.17) is 16.3 Å². The van der Waals surface area contributed by atoms with Crippen LogP contribution in [0.15, 0.2) is 53.4 Å². The molecule has 1 aliphatic rings. The Morgan fingerprint density at radius 3 is 2.50 bits per heavy atom. The first-order chi connectivity index (χ1) is 12.5. The molecule has 26 heavy (non-hydrogen) atoms. The Labute approximate surface area is 157 Å². The molecule has 1 aliphatic heterocycles. The zero-order valence-electron chi connectivity index (χ0n) is 14.0. The van der Waals surface area contributed by atoms with Crippen molar-refractivity contribution in [1.29, 1.82) is 0 Å². The second-order valence-electron chi connectivity index (χ2n) is 5.87. The number of sulfonamides is 1. The maximum absolute atomic E-state index is 12.8. The molecule has 0 aromatic heterocycles. The van der Waals surface area contributed by atoms with Gasteiger partial charge in [0.15, 0.2) is 0 Å². The fourth-order valence-corrected chi connectivity index (χ4v) is 4.60. The van der Waals surface area contributed by atoms with Crippen LogP contribution in [0.2, 0.25) is 5.02 Å². The van der Waals surface area contributed by atoms with Gasteiger partial charge in [-0.25, -0.2) is 8.42 Å². The zero-order valence-corrected chi connectivity index (χ0v) is 15.6. The van der Waals surface area contributed by atoms with Gasteiger partial charge in [-0.1, -0.05) is 41.9 Å². The van der Waals surface area contributed by atoms with Crippen LogP contribution in [0.25, 0.3) is 0 Å². The summed E-state index contributed by atoms with van der Waals surface area (Å²) in [4.78, 5) is 12.2. The molecule has 1 amide bonds.